The Hall–Kier alpha value is -0.300. The molecule has 5 rings (SSSR count). The summed E-state index contributed by atoms with van der Waals surface area (Å²) in [5.41, 5.74) is 3.43. The molecule has 5 aliphatic rings. The molecule has 5 aliphatic carbocycles. The van der Waals surface area contributed by atoms with E-state index in [4.69, 9.17) is 0 Å². The maximum atomic E-state index is 10.9. The molecule has 1 heteroatoms. The van der Waals surface area contributed by atoms with Crippen molar-refractivity contribution < 1.29 is 5.11 Å². The van der Waals surface area contributed by atoms with E-state index in [1.807, 2.05) is 0 Å². The zero-order valence-electron chi connectivity index (χ0n) is 21.7. The van der Waals surface area contributed by atoms with Crippen LogP contribution in [0.3, 0.4) is 0 Å². The van der Waals surface area contributed by atoms with Gasteiger partial charge in [-0.05, 0) is 121 Å². The van der Waals surface area contributed by atoms with Gasteiger partial charge in [-0.15, -0.1) is 0 Å². The third kappa shape index (κ3) is 2.65. The van der Waals surface area contributed by atoms with Crippen molar-refractivity contribution in [3.63, 3.8) is 0 Å². The fourth-order valence-electron chi connectivity index (χ4n) is 11.4. The van der Waals surface area contributed by atoms with Gasteiger partial charge < -0.3 is 5.11 Å². The van der Waals surface area contributed by atoms with E-state index in [1.54, 1.807) is 0 Å². The summed E-state index contributed by atoms with van der Waals surface area (Å²) in [4.78, 5) is 0. The maximum Gasteiger partial charge on any atom is 0.0594 e. The first kappa shape index (κ1) is 22.5. The molecule has 0 unspecified atom stereocenters. The molecule has 0 spiro atoms. The van der Waals surface area contributed by atoms with Gasteiger partial charge in [-0.1, -0.05) is 60.6 Å². The summed E-state index contributed by atoms with van der Waals surface area (Å²) in [6.07, 6.45) is 13.2. The molecule has 0 radical (unpaired) electrons. The Morgan fingerprint density at radius 2 is 1.48 bits per heavy atom. The van der Waals surface area contributed by atoms with Crippen LogP contribution in [-0.4, -0.2) is 11.2 Å². The number of hydrogen-bond donors (Lipinski definition) is 1. The number of aliphatic hydroxyl groups excluding tert-OH is 1. The quantitative estimate of drug-likeness (QED) is 0.389. The van der Waals surface area contributed by atoms with Crippen molar-refractivity contribution in [3.05, 3.63) is 12.2 Å². The Labute approximate surface area is 192 Å². The molecule has 5 saturated carbocycles. The molecular formula is C30H50O. The Balaban J connectivity index is 1.54. The van der Waals surface area contributed by atoms with Crippen molar-refractivity contribution >= 4 is 0 Å². The molecule has 0 aromatic rings. The molecule has 0 heterocycles. The summed E-state index contributed by atoms with van der Waals surface area (Å²) < 4.78 is 0. The lowest BCUT2D eigenvalue weighted by molar-refractivity contribution is -0.251. The smallest absolute Gasteiger partial charge is 0.0594 e. The van der Waals surface area contributed by atoms with Gasteiger partial charge in [0.2, 0.25) is 0 Å². The van der Waals surface area contributed by atoms with Crippen LogP contribution in [-0.2, 0) is 0 Å². The van der Waals surface area contributed by atoms with E-state index in [1.165, 1.54) is 63.4 Å². The van der Waals surface area contributed by atoms with Gasteiger partial charge >= 0.3 is 0 Å². The molecule has 0 aromatic carbocycles. The first-order valence-corrected chi connectivity index (χ1v) is 13.7. The Morgan fingerprint density at radius 3 is 2.19 bits per heavy atom. The molecule has 0 aliphatic heterocycles. The minimum atomic E-state index is -0.119. The van der Waals surface area contributed by atoms with Crippen molar-refractivity contribution in [2.24, 2.45) is 56.7 Å². The summed E-state index contributed by atoms with van der Waals surface area (Å²) in [5.74, 6) is 3.88. The van der Waals surface area contributed by atoms with Crippen LogP contribution in [0.4, 0.5) is 0 Å². The van der Waals surface area contributed by atoms with E-state index >= 15 is 0 Å². The molecule has 0 amide bonds. The highest BCUT2D eigenvalue weighted by atomic mass is 16.3. The van der Waals surface area contributed by atoms with Gasteiger partial charge in [-0.2, -0.15) is 0 Å². The number of aliphatic hydroxyl groups is 1. The summed E-state index contributed by atoms with van der Waals surface area (Å²) in [6.45, 7) is 22.6. The van der Waals surface area contributed by atoms with Crippen LogP contribution in [0.5, 0.6) is 0 Å². The lowest BCUT2D eigenvalue weighted by atomic mass is 9.31. The van der Waals surface area contributed by atoms with Gasteiger partial charge in [0.1, 0.15) is 0 Å². The molecular weight excluding hydrogens is 376 g/mol. The SMILES string of the molecule is C=C1CC[C@]2(C)CC[C@]3(C)[C@H](CC[C@@H]4[C@@]5(C)CC[C@@H](O)C(C)(C)[C@@H]5CC[C@]43C)[C@@H]2[C@@H]1C. The van der Waals surface area contributed by atoms with Crippen molar-refractivity contribution in [2.45, 2.75) is 119 Å². The van der Waals surface area contributed by atoms with Gasteiger partial charge in [-0.3, -0.25) is 0 Å². The lowest BCUT2D eigenvalue weighted by Crippen LogP contribution is -2.67. The normalized spacial score (nSPS) is 58.5. The predicted octanol–water partition coefficient (Wildman–Crippen LogP) is 8.02. The van der Waals surface area contributed by atoms with Crippen LogP contribution in [0.15, 0.2) is 12.2 Å². The standard InChI is InChI=1S/C30H50O/c1-19-11-14-27(5)17-18-29(7)21(25(27)20(19)2)9-10-23-28(6)15-13-24(31)26(3,4)22(28)12-16-30(23,29)8/h20-25,31H,1,9-18H2,2-8H3/t20-,21-,22+,23-,24-,25+,27-,28+,29-,30-/m1/s1. The van der Waals surface area contributed by atoms with E-state index in [2.05, 4.69) is 55.0 Å². The van der Waals surface area contributed by atoms with E-state index in [0.29, 0.717) is 33.5 Å². The monoisotopic (exact) mass is 426 g/mol. The molecule has 5 fully saturated rings. The highest BCUT2D eigenvalue weighted by Crippen LogP contribution is 2.76. The fraction of sp³-hybridized carbons (Fsp3) is 0.933. The van der Waals surface area contributed by atoms with Crippen molar-refractivity contribution in [1.82, 2.24) is 0 Å². The third-order valence-electron chi connectivity index (χ3n) is 13.6. The second-order valence-electron chi connectivity index (χ2n) is 14.7. The molecule has 0 aromatic heterocycles. The Bertz CT molecular complexity index is 766. The topological polar surface area (TPSA) is 20.2 Å². The average molecular weight is 427 g/mol. The van der Waals surface area contributed by atoms with E-state index in [0.717, 1.165) is 24.2 Å². The lowest BCUT2D eigenvalue weighted by Gasteiger charge is -2.73. The van der Waals surface area contributed by atoms with Crippen molar-refractivity contribution in [1.29, 1.82) is 0 Å². The minimum Gasteiger partial charge on any atom is -0.393 e. The number of fused-ring (bicyclic) bond motifs is 7. The van der Waals surface area contributed by atoms with E-state index < -0.39 is 0 Å². The molecule has 1 N–H and O–H groups in total. The van der Waals surface area contributed by atoms with Crippen LogP contribution in [0, 0.1) is 56.7 Å². The highest BCUT2D eigenvalue weighted by molar-refractivity contribution is 5.21. The van der Waals surface area contributed by atoms with Gasteiger partial charge in [0, 0.05) is 0 Å². The first-order valence-electron chi connectivity index (χ1n) is 13.7. The first-order chi connectivity index (χ1) is 14.3. The molecule has 31 heavy (non-hydrogen) atoms. The van der Waals surface area contributed by atoms with Crippen LogP contribution in [0.2, 0.25) is 0 Å². The fourth-order valence-corrected chi connectivity index (χ4v) is 11.4. The van der Waals surface area contributed by atoms with Crippen molar-refractivity contribution in [2.75, 3.05) is 0 Å². The Kier molecular flexibility index (Phi) is 4.82. The third-order valence-corrected chi connectivity index (χ3v) is 13.6. The summed E-state index contributed by atoms with van der Waals surface area (Å²) in [7, 11) is 0. The minimum absolute atomic E-state index is 0.0623. The van der Waals surface area contributed by atoms with Gasteiger partial charge in [0.25, 0.3) is 0 Å². The molecule has 1 nitrogen and oxygen atoms in total. The number of allylic oxidation sites excluding steroid dienone is 1. The largest absolute Gasteiger partial charge is 0.393 e. The highest BCUT2D eigenvalue weighted by Gasteiger charge is 2.69. The number of hydrogen-bond acceptors (Lipinski definition) is 1. The van der Waals surface area contributed by atoms with Crippen LogP contribution in [0.1, 0.15) is 113 Å². The molecule has 176 valence electrons. The van der Waals surface area contributed by atoms with E-state index in [9.17, 15) is 5.11 Å². The van der Waals surface area contributed by atoms with Gasteiger partial charge in [-0.25, -0.2) is 0 Å². The molecule has 10 atom stereocenters. The zero-order chi connectivity index (χ0) is 22.6. The van der Waals surface area contributed by atoms with E-state index in [-0.39, 0.29) is 11.5 Å². The average Bonchev–Trinajstić information content (AvgIpc) is 2.69. The van der Waals surface area contributed by atoms with Crippen LogP contribution in [0.25, 0.3) is 0 Å². The molecule has 0 saturated heterocycles. The second kappa shape index (κ2) is 6.64. The zero-order valence-corrected chi connectivity index (χ0v) is 21.7. The van der Waals surface area contributed by atoms with Crippen LogP contribution < -0.4 is 0 Å². The van der Waals surface area contributed by atoms with Crippen LogP contribution >= 0.6 is 0 Å². The maximum absolute atomic E-state index is 10.9. The summed E-state index contributed by atoms with van der Waals surface area (Å²) in [6, 6.07) is 0. The molecule has 0 bridgehead atoms. The summed E-state index contributed by atoms with van der Waals surface area (Å²) in [5, 5.41) is 10.9. The second-order valence-corrected chi connectivity index (χ2v) is 14.7. The van der Waals surface area contributed by atoms with Gasteiger partial charge in [0.05, 0.1) is 6.10 Å². The predicted molar refractivity (Wildman–Crippen MR) is 131 cm³/mol. The summed E-state index contributed by atoms with van der Waals surface area (Å²) >= 11 is 0. The number of rotatable bonds is 0. The van der Waals surface area contributed by atoms with Gasteiger partial charge in [0.15, 0.2) is 0 Å². The Morgan fingerprint density at radius 1 is 0.774 bits per heavy atom. The van der Waals surface area contributed by atoms with Crippen molar-refractivity contribution in [3.8, 4) is 0 Å².